The van der Waals surface area contributed by atoms with E-state index < -0.39 is 5.97 Å². The molecule has 0 fully saturated rings. The number of nitrogens with two attached hydrogens (primary N) is 1. The number of carboxylic acid groups (broad SMARTS) is 1. The lowest BCUT2D eigenvalue weighted by atomic mass is 9.93. The standard InChI is InChI=1S/C12H17NO2/c1-8(6-9(2)13)10-4-3-5-11(7-10)12(14)15/h3-5,7-9H,6,13H2,1-2H3,(H,14,15). The molecule has 0 spiro atoms. The van der Waals surface area contributed by atoms with Crippen molar-refractivity contribution in [3.8, 4) is 0 Å². The predicted octanol–water partition coefficient (Wildman–Crippen LogP) is 2.23. The van der Waals surface area contributed by atoms with E-state index in [1.807, 2.05) is 13.0 Å². The van der Waals surface area contributed by atoms with Gasteiger partial charge < -0.3 is 10.8 Å². The minimum absolute atomic E-state index is 0.133. The number of carbonyl (C=O) groups is 1. The van der Waals surface area contributed by atoms with Gasteiger partial charge in [-0.05, 0) is 37.0 Å². The molecular weight excluding hydrogens is 190 g/mol. The number of aromatic carboxylic acids is 1. The summed E-state index contributed by atoms with van der Waals surface area (Å²) in [5.41, 5.74) is 7.08. The molecule has 0 radical (unpaired) electrons. The Morgan fingerprint density at radius 1 is 1.47 bits per heavy atom. The normalized spacial score (nSPS) is 14.6. The second-order valence-electron chi connectivity index (χ2n) is 4.04. The summed E-state index contributed by atoms with van der Waals surface area (Å²) in [4.78, 5) is 10.8. The molecule has 0 saturated carbocycles. The second kappa shape index (κ2) is 4.94. The Morgan fingerprint density at radius 3 is 2.67 bits per heavy atom. The van der Waals surface area contributed by atoms with Crippen LogP contribution in [0.25, 0.3) is 0 Å². The Labute approximate surface area is 89.9 Å². The van der Waals surface area contributed by atoms with E-state index in [2.05, 4.69) is 6.92 Å². The van der Waals surface area contributed by atoms with Crippen molar-refractivity contribution in [3.05, 3.63) is 35.4 Å². The Balaban J connectivity index is 2.85. The average Bonchev–Trinajstić information content (AvgIpc) is 2.17. The summed E-state index contributed by atoms with van der Waals surface area (Å²) in [6.07, 6.45) is 0.864. The third kappa shape index (κ3) is 3.36. The maximum absolute atomic E-state index is 10.8. The first-order chi connectivity index (χ1) is 7.00. The first-order valence-corrected chi connectivity index (χ1v) is 5.09. The SMILES string of the molecule is CC(N)CC(C)c1cccc(C(=O)O)c1. The highest BCUT2D eigenvalue weighted by Gasteiger charge is 2.10. The van der Waals surface area contributed by atoms with E-state index in [4.69, 9.17) is 10.8 Å². The lowest BCUT2D eigenvalue weighted by Gasteiger charge is -2.14. The number of hydrogen-bond acceptors (Lipinski definition) is 2. The first kappa shape index (κ1) is 11.7. The number of benzene rings is 1. The number of hydrogen-bond donors (Lipinski definition) is 2. The van der Waals surface area contributed by atoms with Gasteiger partial charge in [0.1, 0.15) is 0 Å². The zero-order valence-electron chi connectivity index (χ0n) is 9.10. The molecule has 0 aliphatic rings. The fraction of sp³-hybridized carbons (Fsp3) is 0.417. The lowest BCUT2D eigenvalue weighted by Crippen LogP contribution is -2.17. The topological polar surface area (TPSA) is 63.3 Å². The maximum atomic E-state index is 10.8. The Bertz CT molecular complexity index is 347. The summed E-state index contributed by atoms with van der Waals surface area (Å²) < 4.78 is 0. The molecule has 0 bridgehead atoms. The van der Waals surface area contributed by atoms with Gasteiger partial charge in [0.15, 0.2) is 0 Å². The van der Waals surface area contributed by atoms with Gasteiger partial charge in [-0.25, -0.2) is 4.79 Å². The summed E-state index contributed by atoms with van der Waals surface area (Å²) in [6, 6.07) is 7.17. The minimum atomic E-state index is -0.884. The van der Waals surface area contributed by atoms with Crippen molar-refractivity contribution in [1.82, 2.24) is 0 Å². The molecule has 2 unspecified atom stereocenters. The highest BCUT2D eigenvalue weighted by atomic mass is 16.4. The van der Waals surface area contributed by atoms with Gasteiger partial charge in [-0.2, -0.15) is 0 Å². The fourth-order valence-corrected chi connectivity index (χ4v) is 1.67. The van der Waals surface area contributed by atoms with Gasteiger partial charge in [0, 0.05) is 6.04 Å². The van der Waals surface area contributed by atoms with Gasteiger partial charge in [0.2, 0.25) is 0 Å². The molecule has 3 nitrogen and oxygen atoms in total. The zero-order valence-corrected chi connectivity index (χ0v) is 9.10. The highest BCUT2D eigenvalue weighted by Crippen LogP contribution is 2.20. The molecule has 0 heterocycles. The summed E-state index contributed by atoms with van der Waals surface area (Å²) in [5, 5.41) is 8.85. The van der Waals surface area contributed by atoms with Crippen LogP contribution in [0.3, 0.4) is 0 Å². The molecule has 15 heavy (non-hydrogen) atoms. The molecule has 1 rings (SSSR count). The molecule has 0 aliphatic heterocycles. The predicted molar refractivity (Wildman–Crippen MR) is 60.1 cm³/mol. The van der Waals surface area contributed by atoms with Crippen molar-refractivity contribution in [1.29, 1.82) is 0 Å². The van der Waals surface area contributed by atoms with E-state index in [0.717, 1.165) is 12.0 Å². The molecule has 0 saturated heterocycles. The third-order valence-corrected chi connectivity index (χ3v) is 2.43. The molecule has 0 aliphatic carbocycles. The minimum Gasteiger partial charge on any atom is -0.478 e. The maximum Gasteiger partial charge on any atom is 0.335 e. The fourth-order valence-electron chi connectivity index (χ4n) is 1.67. The van der Waals surface area contributed by atoms with Gasteiger partial charge in [-0.1, -0.05) is 19.1 Å². The van der Waals surface area contributed by atoms with E-state index in [1.54, 1.807) is 18.2 Å². The van der Waals surface area contributed by atoms with Crippen molar-refractivity contribution in [2.45, 2.75) is 32.2 Å². The van der Waals surface area contributed by atoms with Crippen molar-refractivity contribution in [2.24, 2.45) is 5.73 Å². The van der Waals surface area contributed by atoms with Crippen LogP contribution in [-0.4, -0.2) is 17.1 Å². The van der Waals surface area contributed by atoms with Crippen LogP contribution in [0.4, 0.5) is 0 Å². The quantitative estimate of drug-likeness (QED) is 0.795. The van der Waals surface area contributed by atoms with Crippen LogP contribution in [0, 0.1) is 0 Å². The van der Waals surface area contributed by atoms with E-state index in [0.29, 0.717) is 11.5 Å². The number of carboxylic acids is 1. The van der Waals surface area contributed by atoms with Crippen molar-refractivity contribution in [2.75, 3.05) is 0 Å². The highest BCUT2D eigenvalue weighted by molar-refractivity contribution is 5.87. The van der Waals surface area contributed by atoms with Crippen LogP contribution in [-0.2, 0) is 0 Å². The smallest absolute Gasteiger partial charge is 0.335 e. The molecule has 82 valence electrons. The van der Waals surface area contributed by atoms with Crippen LogP contribution in [0.2, 0.25) is 0 Å². The van der Waals surface area contributed by atoms with Gasteiger partial charge in [0.05, 0.1) is 5.56 Å². The van der Waals surface area contributed by atoms with Gasteiger partial charge >= 0.3 is 5.97 Å². The summed E-state index contributed by atoms with van der Waals surface area (Å²) in [7, 11) is 0. The molecular formula is C12H17NO2. The molecule has 3 heteroatoms. The Hall–Kier alpha value is -1.35. The van der Waals surface area contributed by atoms with Crippen LogP contribution in [0.1, 0.15) is 42.1 Å². The Morgan fingerprint density at radius 2 is 2.13 bits per heavy atom. The second-order valence-corrected chi connectivity index (χ2v) is 4.04. The first-order valence-electron chi connectivity index (χ1n) is 5.09. The van der Waals surface area contributed by atoms with Crippen molar-refractivity contribution < 1.29 is 9.90 Å². The summed E-state index contributed by atoms with van der Waals surface area (Å²) in [5.74, 6) is -0.589. The van der Waals surface area contributed by atoms with Crippen molar-refractivity contribution in [3.63, 3.8) is 0 Å². The van der Waals surface area contributed by atoms with Crippen molar-refractivity contribution >= 4 is 5.97 Å². The zero-order chi connectivity index (χ0) is 11.4. The molecule has 0 amide bonds. The average molecular weight is 207 g/mol. The van der Waals surface area contributed by atoms with E-state index >= 15 is 0 Å². The molecule has 1 aromatic carbocycles. The molecule has 1 aromatic rings. The van der Waals surface area contributed by atoms with Crippen LogP contribution >= 0.6 is 0 Å². The van der Waals surface area contributed by atoms with Gasteiger partial charge in [-0.15, -0.1) is 0 Å². The van der Waals surface area contributed by atoms with Crippen LogP contribution in [0.15, 0.2) is 24.3 Å². The third-order valence-electron chi connectivity index (χ3n) is 2.43. The van der Waals surface area contributed by atoms with Crippen LogP contribution in [0.5, 0.6) is 0 Å². The molecule has 0 aromatic heterocycles. The summed E-state index contributed by atoms with van der Waals surface area (Å²) >= 11 is 0. The lowest BCUT2D eigenvalue weighted by molar-refractivity contribution is 0.0697. The van der Waals surface area contributed by atoms with Gasteiger partial charge in [-0.3, -0.25) is 0 Å². The van der Waals surface area contributed by atoms with E-state index in [9.17, 15) is 4.79 Å². The largest absolute Gasteiger partial charge is 0.478 e. The molecule has 3 N–H and O–H groups in total. The van der Waals surface area contributed by atoms with E-state index in [1.165, 1.54) is 0 Å². The van der Waals surface area contributed by atoms with E-state index in [-0.39, 0.29) is 6.04 Å². The van der Waals surface area contributed by atoms with Crippen LogP contribution < -0.4 is 5.73 Å². The molecule has 2 atom stereocenters. The summed E-state index contributed by atoms with van der Waals surface area (Å²) in [6.45, 7) is 4.02. The monoisotopic (exact) mass is 207 g/mol. The Kier molecular flexibility index (Phi) is 3.86. The van der Waals surface area contributed by atoms with Gasteiger partial charge in [0.25, 0.3) is 0 Å². The number of rotatable bonds is 4.